The van der Waals surface area contributed by atoms with E-state index in [-0.39, 0.29) is 5.78 Å². The van der Waals surface area contributed by atoms with Gasteiger partial charge in [0.05, 0.1) is 6.10 Å². The Labute approximate surface area is 95.7 Å². The SMILES string of the molecule is C=CC1=C(C[C@H](C)O)C(=O)C2=C1C=CCC2. The summed E-state index contributed by atoms with van der Waals surface area (Å²) in [6.07, 6.45) is 7.49. The summed E-state index contributed by atoms with van der Waals surface area (Å²) in [5.41, 5.74) is 3.55. The second-order valence-electron chi connectivity index (χ2n) is 4.31. The van der Waals surface area contributed by atoms with Gasteiger partial charge in [-0.2, -0.15) is 0 Å². The number of hydrogen-bond acceptors (Lipinski definition) is 2. The zero-order valence-corrected chi connectivity index (χ0v) is 9.49. The number of ketones is 1. The minimum absolute atomic E-state index is 0.107. The van der Waals surface area contributed by atoms with Gasteiger partial charge in [0.2, 0.25) is 0 Å². The van der Waals surface area contributed by atoms with E-state index in [4.69, 9.17) is 0 Å². The molecule has 0 spiro atoms. The van der Waals surface area contributed by atoms with Crippen molar-refractivity contribution in [3.63, 3.8) is 0 Å². The summed E-state index contributed by atoms with van der Waals surface area (Å²) >= 11 is 0. The number of aliphatic hydroxyl groups is 1. The molecule has 0 fully saturated rings. The van der Waals surface area contributed by atoms with E-state index in [9.17, 15) is 9.90 Å². The van der Waals surface area contributed by atoms with Crippen LogP contribution in [0.2, 0.25) is 0 Å². The van der Waals surface area contributed by atoms with Crippen LogP contribution in [0.1, 0.15) is 26.2 Å². The average Bonchev–Trinajstić information content (AvgIpc) is 2.52. The van der Waals surface area contributed by atoms with Gasteiger partial charge in [-0.3, -0.25) is 4.79 Å². The monoisotopic (exact) mass is 216 g/mol. The van der Waals surface area contributed by atoms with Gasteiger partial charge in [-0.05, 0) is 30.9 Å². The van der Waals surface area contributed by atoms with E-state index >= 15 is 0 Å². The number of aliphatic hydroxyl groups excluding tert-OH is 1. The first-order chi connectivity index (χ1) is 7.65. The summed E-state index contributed by atoms with van der Waals surface area (Å²) < 4.78 is 0. The fourth-order valence-electron chi connectivity index (χ4n) is 2.35. The standard InChI is InChI=1S/C14H16O2/c1-3-10-11-6-4-5-7-12(11)14(16)13(10)8-9(2)15/h3-4,6,9,15H,1,5,7-8H2,2H3/t9-/m0/s1. The van der Waals surface area contributed by atoms with Crippen LogP contribution in [0.5, 0.6) is 0 Å². The van der Waals surface area contributed by atoms with Crippen molar-refractivity contribution in [2.24, 2.45) is 0 Å². The number of Topliss-reactive ketones (excluding diaryl/α,β-unsaturated/α-hetero) is 1. The third-order valence-corrected chi connectivity index (χ3v) is 3.04. The average molecular weight is 216 g/mol. The van der Waals surface area contributed by atoms with Gasteiger partial charge in [0.15, 0.2) is 5.78 Å². The van der Waals surface area contributed by atoms with Crippen molar-refractivity contribution >= 4 is 5.78 Å². The van der Waals surface area contributed by atoms with Crippen LogP contribution >= 0.6 is 0 Å². The Hall–Kier alpha value is -1.41. The van der Waals surface area contributed by atoms with Crippen molar-refractivity contribution in [1.82, 2.24) is 0 Å². The number of carbonyl (C=O) groups excluding carboxylic acids is 1. The molecule has 0 aromatic heterocycles. The van der Waals surface area contributed by atoms with E-state index < -0.39 is 6.10 Å². The smallest absolute Gasteiger partial charge is 0.186 e. The molecule has 16 heavy (non-hydrogen) atoms. The molecule has 2 heteroatoms. The zero-order chi connectivity index (χ0) is 11.7. The number of rotatable bonds is 3. The van der Waals surface area contributed by atoms with Crippen LogP contribution in [0.4, 0.5) is 0 Å². The maximum Gasteiger partial charge on any atom is 0.186 e. The normalized spacial score (nSPS) is 21.5. The Kier molecular flexibility index (Phi) is 2.92. The third kappa shape index (κ3) is 1.69. The summed E-state index contributed by atoms with van der Waals surface area (Å²) in [6.45, 7) is 5.47. The summed E-state index contributed by atoms with van der Waals surface area (Å²) in [4.78, 5) is 12.1. The Morgan fingerprint density at radius 1 is 1.62 bits per heavy atom. The van der Waals surface area contributed by atoms with Crippen LogP contribution in [0, 0.1) is 0 Å². The maximum atomic E-state index is 12.1. The van der Waals surface area contributed by atoms with Crippen LogP contribution < -0.4 is 0 Å². The molecule has 2 nitrogen and oxygen atoms in total. The highest BCUT2D eigenvalue weighted by Crippen LogP contribution is 2.37. The fraction of sp³-hybridized carbons (Fsp3) is 0.357. The van der Waals surface area contributed by atoms with Gasteiger partial charge in [0, 0.05) is 17.6 Å². The van der Waals surface area contributed by atoms with Gasteiger partial charge >= 0.3 is 0 Å². The van der Waals surface area contributed by atoms with Gasteiger partial charge in [0.25, 0.3) is 0 Å². The molecule has 2 aliphatic carbocycles. The molecule has 2 rings (SSSR count). The topological polar surface area (TPSA) is 37.3 Å². The molecule has 84 valence electrons. The van der Waals surface area contributed by atoms with E-state index in [1.54, 1.807) is 13.0 Å². The van der Waals surface area contributed by atoms with Crippen LogP contribution in [0.25, 0.3) is 0 Å². The van der Waals surface area contributed by atoms with Gasteiger partial charge in [-0.15, -0.1) is 0 Å². The molecule has 1 atom stereocenters. The molecule has 0 radical (unpaired) electrons. The molecule has 0 saturated carbocycles. The predicted octanol–water partition coefficient (Wildman–Crippen LogP) is 2.47. The summed E-state index contributed by atoms with van der Waals surface area (Å²) in [7, 11) is 0. The molecule has 0 unspecified atom stereocenters. The highest BCUT2D eigenvalue weighted by Gasteiger charge is 2.30. The first kappa shape index (κ1) is 11.1. The molecule has 0 aliphatic heterocycles. The Morgan fingerprint density at radius 3 is 3.00 bits per heavy atom. The largest absolute Gasteiger partial charge is 0.393 e. The fourth-order valence-corrected chi connectivity index (χ4v) is 2.35. The van der Waals surface area contributed by atoms with E-state index in [2.05, 4.69) is 12.7 Å². The molecular formula is C14H16O2. The Bertz CT molecular complexity index is 434. The lowest BCUT2D eigenvalue weighted by atomic mass is 9.96. The van der Waals surface area contributed by atoms with Crippen LogP contribution in [-0.2, 0) is 4.79 Å². The van der Waals surface area contributed by atoms with Crippen molar-refractivity contribution in [2.45, 2.75) is 32.3 Å². The molecule has 0 amide bonds. The predicted molar refractivity (Wildman–Crippen MR) is 63.9 cm³/mol. The lowest BCUT2D eigenvalue weighted by Crippen LogP contribution is -2.09. The third-order valence-electron chi connectivity index (χ3n) is 3.04. The highest BCUT2D eigenvalue weighted by atomic mass is 16.3. The molecule has 0 heterocycles. The number of allylic oxidation sites excluding steroid dienone is 6. The molecular weight excluding hydrogens is 200 g/mol. The lowest BCUT2D eigenvalue weighted by Gasteiger charge is -2.07. The van der Waals surface area contributed by atoms with Crippen molar-refractivity contribution < 1.29 is 9.90 Å². The molecule has 0 aromatic rings. The first-order valence-electron chi connectivity index (χ1n) is 5.63. The van der Waals surface area contributed by atoms with Crippen LogP contribution in [-0.4, -0.2) is 17.0 Å². The molecule has 0 saturated heterocycles. The van der Waals surface area contributed by atoms with Crippen LogP contribution in [0.3, 0.4) is 0 Å². The minimum atomic E-state index is -0.487. The van der Waals surface area contributed by atoms with Gasteiger partial charge in [-0.25, -0.2) is 0 Å². The highest BCUT2D eigenvalue weighted by molar-refractivity contribution is 6.14. The van der Waals surface area contributed by atoms with E-state index in [1.807, 2.05) is 6.08 Å². The minimum Gasteiger partial charge on any atom is -0.393 e. The molecule has 1 N–H and O–H groups in total. The second kappa shape index (κ2) is 4.22. The zero-order valence-electron chi connectivity index (χ0n) is 9.49. The Morgan fingerprint density at radius 2 is 2.38 bits per heavy atom. The Balaban J connectivity index is 2.42. The summed E-state index contributed by atoms with van der Waals surface area (Å²) in [5.74, 6) is 0.107. The van der Waals surface area contributed by atoms with Crippen molar-refractivity contribution in [1.29, 1.82) is 0 Å². The van der Waals surface area contributed by atoms with E-state index in [1.165, 1.54) is 0 Å². The maximum absolute atomic E-state index is 12.1. The first-order valence-corrected chi connectivity index (χ1v) is 5.63. The van der Waals surface area contributed by atoms with E-state index in [0.717, 1.165) is 35.1 Å². The van der Waals surface area contributed by atoms with Crippen molar-refractivity contribution in [2.75, 3.05) is 0 Å². The van der Waals surface area contributed by atoms with Gasteiger partial charge in [-0.1, -0.05) is 24.8 Å². The lowest BCUT2D eigenvalue weighted by molar-refractivity contribution is -0.112. The number of carbonyl (C=O) groups is 1. The quantitative estimate of drug-likeness (QED) is 0.786. The van der Waals surface area contributed by atoms with Gasteiger partial charge < -0.3 is 5.11 Å². The second-order valence-corrected chi connectivity index (χ2v) is 4.31. The summed E-state index contributed by atoms with van der Waals surface area (Å²) in [6, 6.07) is 0. The summed E-state index contributed by atoms with van der Waals surface area (Å²) in [5, 5.41) is 9.42. The van der Waals surface area contributed by atoms with Crippen molar-refractivity contribution in [3.05, 3.63) is 47.1 Å². The van der Waals surface area contributed by atoms with E-state index in [0.29, 0.717) is 6.42 Å². The molecule has 2 aliphatic rings. The van der Waals surface area contributed by atoms with Gasteiger partial charge in [0.1, 0.15) is 0 Å². The number of hydrogen-bond donors (Lipinski definition) is 1. The molecule has 0 aromatic carbocycles. The molecule has 0 bridgehead atoms. The van der Waals surface area contributed by atoms with Crippen molar-refractivity contribution in [3.8, 4) is 0 Å². The van der Waals surface area contributed by atoms with Crippen LogP contribution in [0.15, 0.2) is 47.1 Å².